The molecule has 1 aromatic carbocycles. The van der Waals surface area contributed by atoms with Crippen molar-refractivity contribution in [3.05, 3.63) is 57.9 Å². The molecule has 0 unspecified atom stereocenters. The summed E-state index contributed by atoms with van der Waals surface area (Å²) in [5, 5.41) is 13.1. The Labute approximate surface area is 166 Å². The van der Waals surface area contributed by atoms with Gasteiger partial charge in [0.25, 0.3) is 5.69 Å². The first-order valence-corrected chi connectivity index (χ1v) is 9.73. The Hall–Kier alpha value is -2.81. The number of aliphatic imine (C=N–C) groups is 1. The number of pyridine rings is 1. The second-order valence-electron chi connectivity index (χ2n) is 6.66. The molecule has 1 fully saturated rings. The number of amidine groups is 1. The van der Waals surface area contributed by atoms with Crippen LogP contribution in [0.25, 0.3) is 0 Å². The summed E-state index contributed by atoms with van der Waals surface area (Å²) in [6, 6.07) is 8.12. The second kappa shape index (κ2) is 7.31. The fraction of sp³-hybridized carbons (Fsp3) is 0.368. The minimum Gasteiger partial charge on any atom is -0.493 e. The molecule has 28 heavy (non-hydrogen) atoms. The summed E-state index contributed by atoms with van der Waals surface area (Å²) < 4.78 is 10.7. The highest BCUT2D eigenvalue weighted by Crippen LogP contribution is 2.51. The molecule has 0 radical (unpaired) electrons. The zero-order valence-corrected chi connectivity index (χ0v) is 16.5. The zero-order chi connectivity index (χ0) is 19.8. The highest BCUT2D eigenvalue weighted by atomic mass is 32.2. The number of aromatic nitrogens is 1. The standard InChI is InChI=1S/C19H20N4O4S/c1-11-10-22-18(17(21-19(22)28-11)13-6-4-5-7-20-13)12-8-15(26-2)16(27-3)9-14(12)23(24)25/h4-9,11,17-18H,10H2,1-3H3/t11-,17-,18-/m1/s1. The highest BCUT2D eigenvalue weighted by molar-refractivity contribution is 8.14. The average molecular weight is 400 g/mol. The molecular weight excluding hydrogens is 380 g/mol. The Balaban J connectivity index is 1.88. The van der Waals surface area contributed by atoms with Crippen LogP contribution in [0.4, 0.5) is 5.69 Å². The Bertz CT molecular complexity index is 937. The summed E-state index contributed by atoms with van der Waals surface area (Å²) in [7, 11) is 2.99. The van der Waals surface area contributed by atoms with Crippen LogP contribution in [0.3, 0.4) is 0 Å². The molecule has 3 heterocycles. The topological polar surface area (TPSA) is 90.1 Å². The SMILES string of the molecule is COc1cc([C@@H]2[C@@H](c3ccccn3)N=C3S[C@H](C)CN32)c([N+](=O)[O-])cc1OC. The molecule has 8 nitrogen and oxygen atoms in total. The molecule has 1 saturated heterocycles. The van der Waals surface area contributed by atoms with E-state index in [2.05, 4.69) is 16.8 Å². The lowest BCUT2D eigenvalue weighted by molar-refractivity contribution is -0.386. The molecule has 0 aliphatic carbocycles. The highest BCUT2D eigenvalue weighted by Gasteiger charge is 2.46. The van der Waals surface area contributed by atoms with Crippen LogP contribution < -0.4 is 9.47 Å². The van der Waals surface area contributed by atoms with E-state index in [9.17, 15) is 10.1 Å². The number of hydrogen-bond donors (Lipinski definition) is 0. The predicted molar refractivity (Wildman–Crippen MR) is 107 cm³/mol. The van der Waals surface area contributed by atoms with E-state index >= 15 is 0 Å². The van der Waals surface area contributed by atoms with Gasteiger partial charge in [0.1, 0.15) is 6.04 Å². The lowest BCUT2D eigenvalue weighted by Gasteiger charge is -2.27. The molecule has 9 heteroatoms. The van der Waals surface area contributed by atoms with Crippen LogP contribution in [-0.2, 0) is 0 Å². The second-order valence-corrected chi connectivity index (χ2v) is 8.07. The van der Waals surface area contributed by atoms with Gasteiger partial charge in [0, 0.05) is 18.0 Å². The van der Waals surface area contributed by atoms with Crippen molar-refractivity contribution >= 4 is 22.6 Å². The minimum absolute atomic E-state index is 0.00964. The molecule has 4 rings (SSSR count). The van der Waals surface area contributed by atoms with Crippen LogP contribution in [0.5, 0.6) is 11.5 Å². The van der Waals surface area contributed by atoms with Crippen LogP contribution in [0.2, 0.25) is 0 Å². The fourth-order valence-electron chi connectivity index (χ4n) is 3.73. The lowest BCUT2D eigenvalue weighted by Crippen LogP contribution is -2.29. The van der Waals surface area contributed by atoms with E-state index in [0.717, 1.165) is 17.4 Å². The first-order valence-electron chi connectivity index (χ1n) is 8.85. The molecule has 0 spiro atoms. The summed E-state index contributed by atoms with van der Waals surface area (Å²) in [5.41, 5.74) is 1.32. The number of hydrogen-bond acceptors (Lipinski definition) is 8. The van der Waals surface area contributed by atoms with E-state index in [0.29, 0.717) is 22.3 Å². The van der Waals surface area contributed by atoms with Crippen LogP contribution in [-0.4, -0.2) is 46.0 Å². The number of ether oxygens (including phenoxy) is 2. The number of fused-ring (bicyclic) bond motifs is 1. The van der Waals surface area contributed by atoms with E-state index < -0.39 is 0 Å². The monoisotopic (exact) mass is 400 g/mol. The van der Waals surface area contributed by atoms with Gasteiger partial charge in [-0.05, 0) is 18.2 Å². The van der Waals surface area contributed by atoms with Crippen molar-refractivity contribution < 1.29 is 14.4 Å². The van der Waals surface area contributed by atoms with E-state index in [1.165, 1.54) is 20.3 Å². The first-order chi connectivity index (χ1) is 13.5. The number of nitrogens with zero attached hydrogens (tertiary/aromatic N) is 4. The molecular formula is C19H20N4O4S. The normalized spacial score (nSPS) is 23.3. The Morgan fingerprint density at radius 3 is 2.64 bits per heavy atom. The Kier molecular flexibility index (Phi) is 4.84. The molecule has 146 valence electrons. The summed E-state index contributed by atoms with van der Waals surface area (Å²) in [4.78, 5) is 23.0. The van der Waals surface area contributed by atoms with Crippen molar-refractivity contribution in [2.75, 3.05) is 20.8 Å². The number of nitro groups is 1. The molecule has 1 aromatic heterocycles. The molecule has 0 saturated carbocycles. The number of rotatable bonds is 5. The third-order valence-corrected chi connectivity index (χ3v) is 6.03. The molecule has 0 N–H and O–H groups in total. The molecule has 2 aliphatic rings. The molecule has 0 bridgehead atoms. The lowest BCUT2D eigenvalue weighted by atomic mass is 9.94. The van der Waals surface area contributed by atoms with Crippen molar-refractivity contribution in [3.8, 4) is 11.5 Å². The average Bonchev–Trinajstić information content (AvgIpc) is 3.23. The summed E-state index contributed by atoms with van der Waals surface area (Å²) >= 11 is 1.69. The van der Waals surface area contributed by atoms with Gasteiger partial charge in [-0.15, -0.1) is 0 Å². The maximum absolute atomic E-state index is 11.9. The van der Waals surface area contributed by atoms with Gasteiger partial charge < -0.3 is 14.4 Å². The number of thioether (sulfide) groups is 1. The number of methoxy groups -OCH3 is 2. The van der Waals surface area contributed by atoms with Gasteiger partial charge in [0.15, 0.2) is 16.7 Å². The van der Waals surface area contributed by atoms with Gasteiger partial charge in [-0.25, -0.2) is 0 Å². The molecule has 2 aromatic rings. The van der Waals surface area contributed by atoms with Crippen molar-refractivity contribution in [3.63, 3.8) is 0 Å². The van der Waals surface area contributed by atoms with Crippen LogP contribution in [0.15, 0.2) is 41.5 Å². The molecule has 2 aliphatic heterocycles. The summed E-state index contributed by atoms with van der Waals surface area (Å²) in [6.45, 7) is 2.89. The van der Waals surface area contributed by atoms with Gasteiger partial charge >= 0.3 is 0 Å². The van der Waals surface area contributed by atoms with E-state index in [1.807, 2.05) is 18.2 Å². The van der Waals surface area contributed by atoms with E-state index in [-0.39, 0.29) is 22.7 Å². The van der Waals surface area contributed by atoms with Gasteiger partial charge in [-0.3, -0.25) is 20.1 Å². The third-order valence-electron chi connectivity index (χ3n) is 4.93. The summed E-state index contributed by atoms with van der Waals surface area (Å²) in [6.07, 6.45) is 1.72. The molecule has 0 amide bonds. The Morgan fingerprint density at radius 1 is 1.25 bits per heavy atom. The van der Waals surface area contributed by atoms with Gasteiger partial charge in [0.2, 0.25) is 0 Å². The van der Waals surface area contributed by atoms with Crippen LogP contribution in [0, 0.1) is 10.1 Å². The van der Waals surface area contributed by atoms with E-state index in [1.54, 1.807) is 24.0 Å². The predicted octanol–water partition coefficient (Wildman–Crippen LogP) is 3.60. The van der Waals surface area contributed by atoms with Crippen molar-refractivity contribution in [2.24, 2.45) is 4.99 Å². The van der Waals surface area contributed by atoms with E-state index in [4.69, 9.17) is 14.5 Å². The third kappa shape index (κ3) is 3.05. The molecule has 3 atom stereocenters. The number of benzene rings is 1. The van der Waals surface area contributed by atoms with Gasteiger partial charge in [-0.2, -0.15) is 0 Å². The summed E-state index contributed by atoms with van der Waals surface area (Å²) in [5.74, 6) is 0.784. The maximum atomic E-state index is 11.9. The van der Waals surface area contributed by atoms with Crippen LogP contribution >= 0.6 is 11.8 Å². The van der Waals surface area contributed by atoms with Crippen LogP contribution in [0.1, 0.15) is 30.3 Å². The zero-order valence-electron chi connectivity index (χ0n) is 15.7. The minimum atomic E-state index is -0.378. The Morgan fingerprint density at radius 2 is 2.00 bits per heavy atom. The van der Waals surface area contributed by atoms with Crippen molar-refractivity contribution in [1.29, 1.82) is 0 Å². The smallest absolute Gasteiger partial charge is 0.278 e. The number of nitro benzene ring substituents is 1. The van der Waals surface area contributed by atoms with Crippen molar-refractivity contribution in [1.82, 2.24) is 9.88 Å². The first kappa shape index (κ1) is 18.5. The maximum Gasteiger partial charge on any atom is 0.278 e. The largest absolute Gasteiger partial charge is 0.493 e. The van der Waals surface area contributed by atoms with Gasteiger partial charge in [0.05, 0.1) is 42.5 Å². The van der Waals surface area contributed by atoms with Crippen molar-refractivity contribution in [2.45, 2.75) is 24.3 Å². The fourth-order valence-corrected chi connectivity index (χ4v) is 4.83. The quantitative estimate of drug-likeness (QED) is 0.559. The van der Waals surface area contributed by atoms with Gasteiger partial charge in [-0.1, -0.05) is 24.8 Å².